The van der Waals surface area contributed by atoms with Crippen molar-refractivity contribution in [1.82, 2.24) is 10.3 Å². The van der Waals surface area contributed by atoms with Crippen LogP contribution in [0.4, 0.5) is 11.5 Å². The van der Waals surface area contributed by atoms with Crippen LogP contribution in [0.1, 0.15) is 28.8 Å². The summed E-state index contributed by atoms with van der Waals surface area (Å²) in [7, 11) is 1.61. The number of benzene rings is 1. The van der Waals surface area contributed by atoms with E-state index in [1.807, 2.05) is 4.90 Å². The van der Waals surface area contributed by atoms with E-state index in [2.05, 4.69) is 27.1 Å². The molecule has 34 heavy (non-hydrogen) atoms. The van der Waals surface area contributed by atoms with Crippen molar-refractivity contribution in [3.63, 3.8) is 0 Å². The lowest BCUT2D eigenvalue weighted by atomic mass is 10.1. The smallest absolute Gasteiger partial charge is 0.253 e. The molecule has 1 aliphatic carbocycles. The second-order valence-electron chi connectivity index (χ2n) is 8.15. The Balaban J connectivity index is 1.54. The van der Waals surface area contributed by atoms with Gasteiger partial charge in [0.2, 0.25) is 0 Å². The molecule has 3 atom stereocenters. The summed E-state index contributed by atoms with van der Waals surface area (Å²) in [6.45, 7) is 4.10. The minimum absolute atomic E-state index is 0.0538. The first kappa shape index (κ1) is 23.8. The van der Waals surface area contributed by atoms with Gasteiger partial charge in [-0.1, -0.05) is 23.2 Å². The number of piperidine rings is 1. The minimum Gasteiger partial charge on any atom is -0.504 e. The highest BCUT2D eigenvalue weighted by Crippen LogP contribution is 2.44. The van der Waals surface area contributed by atoms with Gasteiger partial charge < -0.3 is 21.1 Å². The highest BCUT2D eigenvalue weighted by Gasteiger charge is 2.49. The fourth-order valence-corrected chi connectivity index (χ4v) is 5.25. The van der Waals surface area contributed by atoms with Crippen LogP contribution in [0.3, 0.4) is 0 Å². The summed E-state index contributed by atoms with van der Waals surface area (Å²) in [6, 6.07) is 4.74. The molecule has 2 fully saturated rings. The third kappa shape index (κ3) is 4.14. The normalized spacial score (nSPS) is 21.1. The van der Waals surface area contributed by atoms with Gasteiger partial charge in [-0.05, 0) is 37.0 Å². The molecule has 1 aromatic heterocycles. The molecular formula is C22H24Cl2N8O2. The Labute approximate surface area is 206 Å². The van der Waals surface area contributed by atoms with Crippen molar-refractivity contribution < 1.29 is 9.90 Å². The average Bonchev–Trinajstić information content (AvgIpc) is 3.33. The number of pyridine rings is 1. The van der Waals surface area contributed by atoms with Gasteiger partial charge in [-0.2, -0.15) is 5.10 Å². The lowest BCUT2D eigenvalue weighted by Crippen LogP contribution is -2.44. The predicted octanol–water partition coefficient (Wildman–Crippen LogP) is 2.86. The summed E-state index contributed by atoms with van der Waals surface area (Å²) in [6.07, 6.45) is 4.61. The van der Waals surface area contributed by atoms with Gasteiger partial charge in [0.15, 0.2) is 11.6 Å². The number of nitrogens with zero attached hydrogens (tertiary/aromatic N) is 5. The van der Waals surface area contributed by atoms with E-state index in [4.69, 9.17) is 34.3 Å². The number of hydrogen-bond acceptors (Lipinski definition) is 7. The number of aliphatic imine (C=N–C) groups is 1. The number of aromatic hydroxyl groups is 1. The van der Waals surface area contributed by atoms with Gasteiger partial charge in [-0.15, -0.1) is 0 Å². The van der Waals surface area contributed by atoms with Crippen molar-refractivity contribution in [2.75, 3.05) is 23.5 Å². The van der Waals surface area contributed by atoms with Gasteiger partial charge in [0.25, 0.3) is 5.91 Å². The zero-order chi connectivity index (χ0) is 24.6. The van der Waals surface area contributed by atoms with Crippen LogP contribution in [0, 0.1) is 11.3 Å². The fraction of sp³-hybridized carbons (Fsp3) is 0.318. The lowest BCUT2D eigenvalue weighted by molar-refractivity contribution is 0.0932. The topological polar surface area (TPSA) is 143 Å². The molecule has 1 saturated carbocycles. The molecule has 2 aromatic rings. The monoisotopic (exact) mass is 502 g/mol. The van der Waals surface area contributed by atoms with Crippen LogP contribution in [-0.2, 0) is 0 Å². The number of halogens is 2. The molecule has 2 bridgehead atoms. The molecular weight excluding hydrogens is 479 g/mol. The van der Waals surface area contributed by atoms with Crippen LogP contribution < -0.4 is 21.0 Å². The Bertz CT molecular complexity index is 1190. The number of amides is 1. The number of carbonyl (C=O) groups excluding carboxylic acids is 1. The number of nitrogens with two attached hydrogens (primary N) is 1. The van der Waals surface area contributed by atoms with Crippen LogP contribution >= 0.6 is 23.2 Å². The van der Waals surface area contributed by atoms with Gasteiger partial charge in [-0.25, -0.2) is 9.99 Å². The second kappa shape index (κ2) is 9.47. The number of carbonyl (C=O) groups is 1. The molecule has 0 radical (unpaired) electrons. The third-order valence-electron chi connectivity index (χ3n) is 6.25. The summed E-state index contributed by atoms with van der Waals surface area (Å²) in [5.41, 5.74) is 6.61. The maximum atomic E-state index is 13.1. The number of fused-ring (bicyclic) bond motifs is 2. The highest BCUT2D eigenvalue weighted by atomic mass is 35.5. The molecule has 2 heterocycles. The van der Waals surface area contributed by atoms with Crippen molar-refractivity contribution >= 4 is 59.5 Å². The summed E-state index contributed by atoms with van der Waals surface area (Å²) in [5, 5.41) is 27.2. The van der Waals surface area contributed by atoms with Gasteiger partial charge in [0, 0.05) is 26.5 Å². The number of anilines is 2. The van der Waals surface area contributed by atoms with E-state index in [9.17, 15) is 9.90 Å². The lowest BCUT2D eigenvalue weighted by Gasteiger charge is -2.29. The Kier molecular flexibility index (Phi) is 6.63. The molecule has 1 amide bonds. The van der Waals surface area contributed by atoms with Gasteiger partial charge in [0.05, 0.1) is 38.9 Å². The van der Waals surface area contributed by atoms with Gasteiger partial charge in [-0.3, -0.25) is 15.2 Å². The molecule has 0 spiro atoms. The Hall–Kier alpha value is -3.37. The summed E-state index contributed by atoms with van der Waals surface area (Å²) >= 11 is 12.5. The van der Waals surface area contributed by atoms with Crippen molar-refractivity contribution in [2.45, 2.75) is 24.9 Å². The van der Waals surface area contributed by atoms with E-state index in [0.717, 1.165) is 12.8 Å². The third-order valence-corrected chi connectivity index (χ3v) is 6.85. The van der Waals surface area contributed by atoms with Gasteiger partial charge >= 0.3 is 0 Å². The van der Waals surface area contributed by atoms with Crippen molar-refractivity contribution in [2.24, 2.45) is 21.7 Å². The number of rotatable bonds is 7. The highest BCUT2D eigenvalue weighted by molar-refractivity contribution is 6.34. The molecule has 3 unspecified atom stereocenters. The zero-order valence-electron chi connectivity index (χ0n) is 18.4. The summed E-state index contributed by atoms with van der Waals surface area (Å²) in [4.78, 5) is 23.2. The molecule has 5 N–H and O–H groups in total. The first-order valence-corrected chi connectivity index (χ1v) is 11.3. The van der Waals surface area contributed by atoms with E-state index < -0.39 is 0 Å². The summed E-state index contributed by atoms with van der Waals surface area (Å²) < 4.78 is 0. The van der Waals surface area contributed by atoms with E-state index >= 15 is 0 Å². The standard InChI is InChI=1S/C22H24Cl2N8O2/c1-27-10-32(28-2)12-4-5-13(14(23)7-12)22(34)30-18-11-3-6-16(18)31(9-11)21-19(33)17(20(25)26)15(24)8-29-21/h4-5,7-8,10-11,16,18,33H,2-3,6,9H2,1H3,(H3,25,26)(H,30,34). The van der Waals surface area contributed by atoms with E-state index in [0.29, 0.717) is 23.6 Å². The predicted molar refractivity (Wildman–Crippen MR) is 135 cm³/mol. The minimum atomic E-state index is -0.339. The number of amidine groups is 1. The number of hydrogen-bond donors (Lipinski definition) is 4. The van der Waals surface area contributed by atoms with Crippen molar-refractivity contribution in [3.05, 3.63) is 45.6 Å². The first-order chi connectivity index (χ1) is 16.3. The van der Waals surface area contributed by atoms with Gasteiger partial charge in [0.1, 0.15) is 12.2 Å². The van der Waals surface area contributed by atoms with Crippen LogP contribution in [0.15, 0.2) is 34.5 Å². The van der Waals surface area contributed by atoms with Crippen LogP contribution in [0.25, 0.3) is 0 Å². The Morgan fingerprint density at radius 2 is 2.18 bits per heavy atom. The number of nitrogens with one attached hydrogen (secondary N) is 2. The molecule has 178 valence electrons. The first-order valence-electron chi connectivity index (χ1n) is 10.5. The van der Waals surface area contributed by atoms with Crippen LogP contribution in [-0.4, -0.2) is 60.6 Å². The van der Waals surface area contributed by atoms with Crippen molar-refractivity contribution in [1.29, 1.82) is 5.41 Å². The Morgan fingerprint density at radius 1 is 1.41 bits per heavy atom. The molecule has 1 aromatic carbocycles. The zero-order valence-corrected chi connectivity index (χ0v) is 19.9. The SMILES string of the molecule is C=NN(C=NC)c1ccc(C(=O)NC2C3CCC2N(c2ncc(Cl)c(C(=N)N)c2O)C3)c(Cl)c1. The number of aromatic nitrogens is 1. The average molecular weight is 503 g/mol. The second-order valence-corrected chi connectivity index (χ2v) is 8.96. The largest absolute Gasteiger partial charge is 0.504 e. The molecule has 2 aliphatic rings. The number of nitrogen functional groups attached to an aromatic ring is 1. The maximum absolute atomic E-state index is 13.1. The van der Waals surface area contributed by atoms with Crippen molar-refractivity contribution in [3.8, 4) is 5.75 Å². The summed E-state index contributed by atoms with van der Waals surface area (Å²) in [5.74, 6) is -0.384. The van der Waals surface area contributed by atoms with E-state index in [1.165, 1.54) is 17.5 Å². The molecule has 4 rings (SSSR count). The fourth-order valence-electron chi connectivity index (χ4n) is 4.75. The molecule has 1 aliphatic heterocycles. The maximum Gasteiger partial charge on any atom is 0.253 e. The van der Waals surface area contributed by atoms with Crippen LogP contribution in [0.2, 0.25) is 10.0 Å². The Morgan fingerprint density at radius 3 is 2.82 bits per heavy atom. The van der Waals surface area contributed by atoms with E-state index in [1.54, 1.807) is 25.2 Å². The van der Waals surface area contributed by atoms with E-state index in [-0.39, 0.29) is 51.1 Å². The molecule has 12 heteroatoms. The van der Waals surface area contributed by atoms with Crippen LogP contribution in [0.5, 0.6) is 5.75 Å². The number of hydrazone groups is 1. The molecule has 10 nitrogen and oxygen atoms in total. The quantitative estimate of drug-likeness (QED) is 0.260. The molecule has 1 saturated heterocycles.